The van der Waals surface area contributed by atoms with Gasteiger partial charge in [0.05, 0.1) is 19.1 Å². The summed E-state index contributed by atoms with van der Waals surface area (Å²) in [6.45, 7) is 0. The van der Waals surface area contributed by atoms with Crippen LogP contribution in [0.3, 0.4) is 0 Å². The van der Waals surface area contributed by atoms with Crippen molar-refractivity contribution in [2.75, 3.05) is 12.4 Å². The lowest BCUT2D eigenvalue weighted by atomic mass is 9.62. The van der Waals surface area contributed by atoms with Crippen molar-refractivity contribution in [3.63, 3.8) is 0 Å². The van der Waals surface area contributed by atoms with Gasteiger partial charge in [-0.1, -0.05) is 42.5 Å². The maximum atomic E-state index is 14.6. The first-order valence-corrected chi connectivity index (χ1v) is 13.1. The van der Waals surface area contributed by atoms with E-state index in [1.165, 1.54) is 0 Å². The van der Waals surface area contributed by atoms with Crippen LogP contribution >= 0.6 is 0 Å². The summed E-state index contributed by atoms with van der Waals surface area (Å²) in [7, 11) is 1.57. The van der Waals surface area contributed by atoms with E-state index < -0.39 is 23.4 Å². The molecule has 0 aliphatic carbocycles. The van der Waals surface area contributed by atoms with Crippen LogP contribution in [0.1, 0.15) is 43.4 Å². The summed E-state index contributed by atoms with van der Waals surface area (Å²) in [5.74, 6) is -1.20. The lowest BCUT2D eigenvalue weighted by molar-refractivity contribution is -0.122. The smallest absolute Gasteiger partial charge is 0.238 e. The van der Waals surface area contributed by atoms with Crippen molar-refractivity contribution in [3.8, 4) is 5.75 Å². The number of ether oxygens (including phenoxy) is 1. The van der Waals surface area contributed by atoms with Crippen molar-refractivity contribution >= 4 is 29.2 Å². The molecule has 1 aromatic heterocycles. The van der Waals surface area contributed by atoms with Crippen molar-refractivity contribution < 1.29 is 19.1 Å². The number of pyridine rings is 1. The standard InChI is InChI=1S/C33H25N3O4/c1-40-23-12-10-21(11-13-23)30(38)28-27(29(37)22-14-17-34-18-15-22)33(25-8-4-5-9-26(25)35-32(33)39)31-24-7-3-2-6-20(24)16-19-36(28)31/h2-19,27-28,31H,1H3,(H,35,39)/t27-,28-,31+,33+/m0/s1. The molecule has 1 N–H and O–H groups in total. The monoisotopic (exact) mass is 527 g/mol. The van der Waals surface area contributed by atoms with Crippen LogP contribution in [0.25, 0.3) is 6.08 Å². The number of carbonyl (C=O) groups is 3. The van der Waals surface area contributed by atoms with Gasteiger partial charge in [-0.25, -0.2) is 0 Å². The molecular weight excluding hydrogens is 502 g/mol. The molecule has 1 saturated heterocycles. The number of amides is 1. The fourth-order valence-electron chi connectivity index (χ4n) is 6.79. The Morgan fingerprint density at radius 3 is 2.35 bits per heavy atom. The molecule has 1 fully saturated rings. The Bertz CT molecular complexity index is 1700. The molecule has 7 rings (SSSR count). The number of ketones is 2. The van der Waals surface area contributed by atoms with Gasteiger partial charge in [-0.05, 0) is 65.2 Å². The summed E-state index contributed by atoms with van der Waals surface area (Å²) in [6.07, 6.45) is 6.93. The van der Waals surface area contributed by atoms with Gasteiger partial charge in [0.25, 0.3) is 0 Å². The van der Waals surface area contributed by atoms with Crippen molar-refractivity contribution in [1.29, 1.82) is 0 Å². The minimum atomic E-state index is -1.36. The zero-order valence-electron chi connectivity index (χ0n) is 21.7. The Balaban J connectivity index is 1.52. The number of hydrogen-bond donors (Lipinski definition) is 1. The molecule has 40 heavy (non-hydrogen) atoms. The molecule has 3 aliphatic heterocycles. The van der Waals surface area contributed by atoms with E-state index in [0.29, 0.717) is 22.6 Å². The van der Waals surface area contributed by atoms with Crippen LogP contribution < -0.4 is 10.1 Å². The number of aromatic nitrogens is 1. The number of nitrogens with zero attached hydrogens (tertiary/aromatic N) is 2. The van der Waals surface area contributed by atoms with E-state index in [2.05, 4.69) is 10.3 Å². The van der Waals surface area contributed by atoms with Crippen LogP contribution in [0.5, 0.6) is 5.75 Å². The van der Waals surface area contributed by atoms with Crippen LogP contribution in [-0.2, 0) is 10.2 Å². The highest BCUT2D eigenvalue weighted by molar-refractivity contribution is 6.16. The second-order valence-corrected chi connectivity index (χ2v) is 10.3. The van der Waals surface area contributed by atoms with Gasteiger partial charge in [0, 0.05) is 35.4 Å². The number of carbonyl (C=O) groups excluding carboxylic acids is 3. The number of rotatable bonds is 5. The predicted molar refractivity (Wildman–Crippen MR) is 150 cm³/mol. The molecule has 7 nitrogen and oxygen atoms in total. The number of nitrogens with one attached hydrogen (secondary N) is 1. The van der Waals surface area contributed by atoms with E-state index in [9.17, 15) is 14.4 Å². The number of benzene rings is 3. The number of Topliss-reactive ketones (excluding diaryl/α,β-unsaturated/α-hetero) is 2. The number of anilines is 1. The Morgan fingerprint density at radius 1 is 0.875 bits per heavy atom. The van der Waals surface area contributed by atoms with Crippen LogP contribution in [0.2, 0.25) is 0 Å². The maximum absolute atomic E-state index is 14.6. The summed E-state index contributed by atoms with van der Waals surface area (Å²) in [5, 5.41) is 3.06. The van der Waals surface area contributed by atoms with Gasteiger partial charge >= 0.3 is 0 Å². The van der Waals surface area contributed by atoms with E-state index in [-0.39, 0.29) is 17.5 Å². The van der Waals surface area contributed by atoms with E-state index in [4.69, 9.17) is 4.74 Å². The summed E-state index contributed by atoms with van der Waals surface area (Å²) in [4.78, 5) is 49.6. The van der Waals surface area contributed by atoms with E-state index in [1.54, 1.807) is 55.9 Å². The van der Waals surface area contributed by atoms with Crippen LogP contribution in [-0.4, -0.2) is 40.5 Å². The van der Waals surface area contributed by atoms with Crippen LogP contribution in [0, 0.1) is 5.92 Å². The van der Waals surface area contributed by atoms with Crippen molar-refractivity contribution in [3.05, 3.63) is 131 Å². The third kappa shape index (κ3) is 3.24. The minimum Gasteiger partial charge on any atom is -0.497 e. The Hall–Kier alpha value is -5.04. The molecular formula is C33H25N3O4. The molecule has 3 aliphatic rings. The minimum absolute atomic E-state index is 0.238. The Kier molecular flexibility index (Phi) is 5.42. The van der Waals surface area contributed by atoms with E-state index >= 15 is 0 Å². The fraction of sp³-hybridized carbons (Fsp3) is 0.152. The van der Waals surface area contributed by atoms with Gasteiger partial charge < -0.3 is 15.0 Å². The van der Waals surface area contributed by atoms with Crippen molar-refractivity contribution in [2.24, 2.45) is 5.92 Å². The zero-order chi connectivity index (χ0) is 27.4. The highest BCUT2D eigenvalue weighted by Gasteiger charge is 2.70. The lowest BCUT2D eigenvalue weighted by Gasteiger charge is -2.38. The molecule has 0 radical (unpaired) electrons. The first-order valence-electron chi connectivity index (χ1n) is 13.1. The lowest BCUT2D eigenvalue weighted by Crippen LogP contribution is -2.49. The maximum Gasteiger partial charge on any atom is 0.238 e. The van der Waals surface area contributed by atoms with E-state index in [1.807, 2.05) is 65.7 Å². The number of hydrogen-bond acceptors (Lipinski definition) is 6. The van der Waals surface area contributed by atoms with E-state index in [0.717, 1.165) is 16.7 Å². The van der Waals surface area contributed by atoms with Gasteiger partial charge in [-0.15, -0.1) is 0 Å². The average molecular weight is 528 g/mol. The Labute approximate surface area is 231 Å². The average Bonchev–Trinajstić information content (AvgIpc) is 3.49. The van der Waals surface area contributed by atoms with Gasteiger partial charge in [-0.2, -0.15) is 0 Å². The van der Waals surface area contributed by atoms with Crippen LogP contribution in [0.15, 0.2) is 104 Å². The normalized spacial score (nSPS) is 23.8. The first kappa shape index (κ1) is 24.0. The number of fused-ring (bicyclic) bond motifs is 6. The summed E-state index contributed by atoms with van der Waals surface area (Å²) < 4.78 is 5.30. The molecule has 0 unspecified atom stereocenters. The number of methoxy groups -OCH3 is 1. The summed E-state index contributed by atoms with van der Waals surface area (Å²) in [6, 6.07) is 24.0. The predicted octanol–water partition coefficient (Wildman–Crippen LogP) is 5.07. The molecule has 4 aromatic rings. The third-order valence-corrected chi connectivity index (χ3v) is 8.46. The number of para-hydroxylation sites is 1. The molecule has 7 heteroatoms. The van der Waals surface area contributed by atoms with Crippen molar-refractivity contribution in [1.82, 2.24) is 9.88 Å². The quantitative estimate of drug-likeness (QED) is 0.365. The second kappa shape index (κ2) is 9.02. The summed E-state index contributed by atoms with van der Waals surface area (Å²) in [5.41, 5.74) is 2.71. The molecule has 4 heterocycles. The van der Waals surface area contributed by atoms with Gasteiger partial charge in [0.1, 0.15) is 17.2 Å². The van der Waals surface area contributed by atoms with Crippen LogP contribution in [0.4, 0.5) is 5.69 Å². The highest BCUT2D eigenvalue weighted by Crippen LogP contribution is 2.62. The zero-order valence-corrected chi connectivity index (χ0v) is 21.7. The fourth-order valence-corrected chi connectivity index (χ4v) is 6.79. The molecule has 0 bridgehead atoms. The first-order chi connectivity index (χ1) is 19.6. The SMILES string of the molecule is COc1ccc(C(=O)[C@@H]2[C@@H](C(=O)c3ccncc3)[C@@]3(C(=O)Nc4ccccc43)[C@H]3c4ccccc4C=CN23)cc1. The Morgan fingerprint density at radius 2 is 1.57 bits per heavy atom. The largest absolute Gasteiger partial charge is 0.497 e. The third-order valence-electron chi connectivity index (χ3n) is 8.46. The topological polar surface area (TPSA) is 88.6 Å². The van der Waals surface area contributed by atoms with Crippen molar-refractivity contribution in [2.45, 2.75) is 17.5 Å². The van der Waals surface area contributed by atoms with Gasteiger partial charge in [-0.3, -0.25) is 19.4 Å². The molecule has 3 aromatic carbocycles. The summed E-state index contributed by atoms with van der Waals surface area (Å²) >= 11 is 0. The van der Waals surface area contributed by atoms with Gasteiger partial charge in [0.15, 0.2) is 11.6 Å². The molecule has 4 atom stereocenters. The van der Waals surface area contributed by atoms with Gasteiger partial charge in [0.2, 0.25) is 5.91 Å². The molecule has 0 saturated carbocycles. The molecule has 196 valence electrons. The highest BCUT2D eigenvalue weighted by atomic mass is 16.5. The molecule has 1 amide bonds. The second-order valence-electron chi connectivity index (χ2n) is 10.3. The molecule has 1 spiro atoms.